The molecule has 0 saturated carbocycles. The van der Waals surface area contributed by atoms with Gasteiger partial charge in [-0.15, -0.1) is 11.3 Å². The quantitative estimate of drug-likeness (QED) is 0.855. The number of halogens is 4. The molecule has 9 heteroatoms. The Balaban J connectivity index is 2.24. The number of thiazole rings is 1. The van der Waals surface area contributed by atoms with E-state index in [4.69, 9.17) is 5.73 Å². The molecule has 0 spiro atoms. The number of aromatic nitrogens is 1. The van der Waals surface area contributed by atoms with Gasteiger partial charge in [0.1, 0.15) is 10.7 Å². The van der Waals surface area contributed by atoms with Gasteiger partial charge in [0, 0.05) is 16.4 Å². The summed E-state index contributed by atoms with van der Waals surface area (Å²) < 4.78 is 38.3. The summed E-state index contributed by atoms with van der Waals surface area (Å²) in [6.07, 6.45) is -4.48. The zero-order chi connectivity index (χ0) is 15.6. The summed E-state index contributed by atoms with van der Waals surface area (Å²) >= 11 is 4.31. The molecule has 3 N–H and O–H groups in total. The van der Waals surface area contributed by atoms with Crippen LogP contribution in [0.4, 0.5) is 18.9 Å². The molecule has 0 fully saturated rings. The van der Waals surface area contributed by atoms with Crippen LogP contribution in [0.15, 0.2) is 28.1 Å². The zero-order valence-electron chi connectivity index (χ0n) is 10.4. The van der Waals surface area contributed by atoms with Crippen molar-refractivity contribution in [1.29, 1.82) is 0 Å². The number of nitrogens with one attached hydrogen (secondary N) is 1. The molecule has 0 aliphatic carbocycles. The molecule has 0 saturated heterocycles. The number of nitrogens with zero attached hydrogens (tertiary/aromatic N) is 1. The first-order valence-corrected chi connectivity index (χ1v) is 7.31. The lowest BCUT2D eigenvalue weighted by atomic mass is 10.2. The number of hydrogen-bond donors (Lipinski definition) is 2. The van der Waals surface area contributed by atoms with Crippen molar-refractivity contribution in [3.05, 3.63) is 44.3 Å². The largest absolute Gasteiger partial charge is 0.416 e. The number of carbonyl (C=O) groups is 1. The van der Waals surface area contributed by atoms with E-state index in [9.17, 15) is 18.0 Å². The summed E-state index contributed by atoms with van der Waals surface area (Å²) in [5, 5.41) is 4.47. The third-order valence-electron chi connectivity index (χ3n) is 2.50. The van der Waals surface area contributed by atoms with Gasteiger partial charge in [0.05, 0.1) is 11.3 Å². The lowest BCUT2D eigenvalue weighted by Crippen LogP contribution is -2.14. The monoisotopic (exact) mass is 379 g/mol. The van der Waals surface area contributed by atoms with Crippen molar-refractivity contribution >= 4 is 38.9 Å². The third-order valence-corrected chi connectivity index (χ3v) is 4.06. The van der Waals surface area contributed by atoms with Crippen LogP contribution in [-0.2, 0) is 12.7 Å². The summed E-state index contributed by atoms with van der Waals surface area (Å²) in [5.41, 5.74) is 4.69. The Kier molecular flexibility index (Phi) is 4.64. The van der Waals surface area contributed by atoms with Gasteiger partial charge >= 0.3 is 6.18 Å². The molecule has 0 bridgehead atoms. The summed E-state index contributed by atoms with van der Waals surface area (Å²) in [6.45, 7) is 0.200. The van der Waals surface area contributed by atoms with E-state index in [1.807, 2.05) is 0 Å². The van der Waals surface area contributed by atoms with Crippen LogP contribution >= 0.6 is 27.3 Å². The highest BCUT2D eigenvalue weighted by atomic mass is 79.9. The van der Waals surface area contributed by atoms with E-state index in [1.165, 1.54) is 22.8 Å². The van der Waals surface area contributed by atoms with Crippen LogP contribution in [0.5, 0.6) is 0 Å². The van der Waals surface area contributed by atoms with E-state index in [2.05, 4.69) is 26.2 Å². The van der Waals surface area contributed by atoms with Gasteiger partial charge in [-0.2, -0.15) is 13.2 Å². The highest BCUT2D eigenvalue weighted by Gasteiger charge is 2.31. The van der Waals surface area contributed by atoms with E-state index in [0.717, 1.165) is 12.1 Å². The lowest BCUT2D eigenvalue weighted by molar-refractivity contribution is -0.137. The van der Waals surface area contributed by atoms with Crippen LogP contribution in [0.25, 0.3) is 0 Å². The fourth-order valence-corrected chi connectivity index (χ4v) is 2.49. The van der Waals surface area contributed by atoms with Crippen molar-refractivity contribution in [2.24, 2.45) is 5.73 Å². The number of carbonyl (C=O) groups excluding carboxylic acids is 1. The molecular weight excluding hydrogens is 371 g/mol. The summed E-state index contributed by atoms with van der Waals surface area (Å²) in [4.78, 5) is 15.9. The maximum Gasteiger partial charge on any atom is 0.416 e. The molecule has 4 nitrogen and oxygen atoms in total. The first kappa shape index (κ1) is 15.9. The minimum Gasteiger partial charge on any atom is -0.325 e. The Bertz CT molecular complexity index is 672. The summed E-state index contributed by atoms with van der Waals surface area (Å²) in [5.74, 6) is -0.592. The highest BCUT2D eigenvalue weighted by Crippen LogP contribution is 2.34. The van der Waals surface area contributed by atoms with Gasteiger partial charge in [-0.1, -0.05) is 0 Å². The standard InChI is InChI=1S/C12H9BrF3N3OS/c13-7-2-1-6(12(14,15)16)3-8(7)19-11(20)9-5-21-10(4-17)18-9/h1-3,5H,4,17H2,(H,19,20). The van der Waals surface area contributed by atoms with Crippen LogP contribution < -0.4 is 11.1 Å². The minimum atomic E-state index is -4.48. The van der Waals surface area contributed by atoms with Gasteiger partial charge in [0.25, 0.3) is 5.91 Å². The predicted molar refractivity (Wildman–Crippen MR) is 77.1 cm³/mol. The van der Waals surface area contributed by atoms with E-state index >= 15 is 0 Å². The summed E-state index contributed by atoms with van der Waals surface area (Å²) in [6, 6.07) is 3.01. The highest BCUT2D eigenvalue weighted by molar-refractivity contribution is 9.10. The van der Waals surface area contributed by atoms with Crippen LogP contribution in [0.1, 0.15) is 21.1 Å². The Hall–Kier alpha value is -1.45. The number of alkyl halides is 3. The number of anilines is 1. The van der Waals surface area contributed by atoms with Crippen LogP contribution in [0.2, 0.25) is 0 Å². The van der Waals surface area contributed by atoms with Gasteiger partial charge in [0.15, 0.2) is 0 Å². The molecule has 0 aliphatic heterocycles. The second kappa shape index (κ2) is 6.12. The smallest absolute Gasteiger partial charge is 0.325 e. The molecule has 112 valence electrons. The number of rotatable bonds is 3. The van der Waals surface area contributed by atoms with Gasteiger partial charge in [-0.25, -0.2) is 4.98 Å². The molecule has 0 unspecified atom stereocenters. The average molecular weight is 380 g/mol. The van der Waals surface area contributed by atoms with Crippen molar-refractivity contribution < 1.29 is 18.0 Å². The molecule has 2 aromatic rings. The van der Waals surface area contributed by atoms with Crippen LogP contribution in [0, 0.1) is 0 Å². The summed E-state index contributed by atoms with van der Waals surface area (Å²) in [7, 11) is 0. The molecule has 1 aromatic heterocycles. The number of benzene rings is 1. The van der Waals surface area contributed by atoms with E-state index in [-0.39, 0.29) is 17.9 Å². The molecule has 1 heterocycles. The van der Waals surface area contributed by atoms with Crippen molar-refractivity contribution in [3.63, 3.8) is 0 Å². The normalized spacial score (nSPS) is 11.5. The van der Waals surface area contributed by atoms with Crippen molar-refractivity contribution in [3.8, 4) is 0 Å². The van der Waals surface area contributed by atoms with Gasteiger partial charge in [0.2, 0.25) is 0 Å². The Labute approximate surface area is 130 Å². The Morgan fingerprint density at radius 3 is 2.71 bits per heavy atom. The first-order valence-electron chi connectivity index (χ1n) is 5.64. The SMILES string of the molecule is NCc1nc(C(=O)Nc2cc(C(F)(F)F)ccc2Br)cs1. The fraction of sp³-hybridized carbons (Fsp3) is 0.167. The molecule has 0 aliphatic rings. The lowest BCUT2D eigenvalue weighted by Gasteiger charge is -2.11. The van der Waals surface area contributed by atoms with E-state index < -0.39 is 17.6 Å². The van der Waals surface area contributed by atoms with Crippen molar-refractivity contribution in [2.75, 3.05) is 5.32 Å². The maximum absolute atomic E-state index is 12.7. The number of nitrogens with two attached hydrogens (primary N) is 1. The fourth-order valence-electron chi connectivity index (χ4n) is 1.49. The van der Waals surface area contributed by atoms with Crippen molar-refractivity contribution in [2.45, 2.75) is 12.7 Å². The third kappa shape index (κ3) is 3.80. The van der Waals surface area contributed by atoms with E-state index in [1.54, 1.807) is 0 Å². The second-order valence-electron chi connectivity index (χ2n) is 3.98. The molecule has 0 atom stereocenters. The van der Waals surface area contributed by atoms with Crippen molar-refractivity contribution in [1.82, 2.24) is 4.98 Å². The molecule has 2 rings (SSSR count). The Morgan fingerprint density at radius 2 is 2.14 bits per heavy atom. The molecular formula is C12H9BrF3N3OS. The first-order chi connectivity index (χ1) is 9.81. The second-order valence-corrected chi connectivity index (χ2v) is 5.77. The van der Waals surface area contributed by atoms with Gasteiger partial charge in [-0.05, 0) is 34.1 Å². The van der Waals surface area contributed by atoms with E-state index in [0.29, 0.717) is 9.48 Å². The molecule has 1 aromatic carbocycles. The van der Waals surface area contributed by atoms with Gasteiger partial charge < -0.3 is 11.1 Å². The van der Waals surface area contributed by atoms with Crippen LogP contribution in [-0.4, -0.2) is 10.9 Å². The van der Waals surface area contributed by atoms with Crippen LogP contribution in [0.3, 0.4) is 0 Å². The number of hydrogen-bond acceptors (Lipinski definition) is 4. The maximum atomic E-state index is 12.7. The number of amides is 1. The topological polar surface area (TPSA) is 68.0 Å². The zero-order valence-corrected chi connectivity index (χ0v) is 12.8. The molecule has 0 radical (unpaired) electrons. The predicted octanol–water partition coefficient (Wildman–Crippen LogP) is 3.64. The average Bonchev–Trinajstić information content (AvgIpc) is 2.88. The molecule has 21 heavy (non-hydrogen) atoms. The molecule has 1 amide bonds. The minimum absolute atomic E-state index is 0.0251. The Morgan fingerprint density at radius 1 is 1.43 bits per heavy atom. The van der Waals surface area contributed by atoms with Gasteiger partial charge in [-0.3, -0.25) is 4.79 Å².